The summed E-state index contributed by atoms with van der Waals surface area (Å²) in [6.45, 7) is 3.24. The normalized spacial score (nSPS) is 49.9. The van der Waals surface area contributed by atoms with Crippen molar-refractivity contribution in [1.29, 1.82) is 0 Å². The molecule has 1 aliphatic carbocycles. The van der Waals surface area contributed by atoms with Gasteiger partial charge in [-0.15, -0.1) is 0 Å². The molecule has 1 spiro atoms. The molecule has 7 rings (SSSR count). The van der Waals surface area contributed by atoms with E-state index in [2.05, 4.69) is 54.1 Å². The molecule has 118 valence electrons. The molecule has 7 atom stereocenters. The maximum Gasteiger partial charge on any atom is 0.150 e. The third kappa shape index (κ3) is 1.12. The first-order valence-electron chi connectivity index (χ1n) is 8.96. The molecule has 6 aliphatic rings. The van der Waals surface area contributed by atoms with E-state index in [1.54, 1.807) is 0 Å². The maximum atomic E-state index is 13.7. The molecule has 1 aromatic rings. The summed E-state index contributed by atoms with van der Waals surface area (Å²) in [6, 6.07) is 10.0. The Morgan fingerprint density at radius 2 is 2.09 bits per heavy atom. The number of fused-ring (bicyclic) bond motifs is 2. The molecular formula is C20H22N2O. The van der Waals surface area contributed by atoms with E-state index in [9.17, 15) is 4.79 Å². The number of anilines is 1. The van der Waals surface area contributed by atoms with E-state index in [0.29, 0.717) is 29.8 Å². The first kappa shape index (κ1) is 12.8. The number of para-hydroxylation sites is 1. The highest BCUT2D eigenvalue weighted by Crippen LogP contribution is 2.66. The monoisotopic (exact) mass is 306 g/mol. The standard InChI is InChI=1S/C20H22N2O/c1-3-11-10-22-15-8-12(11)17-16(22)9-20(19(17)23)13-6-4-5-7-14(13)21(2)18(15)20/h3-7,12,15-18H,8-10H2,1-2H3/b11-3-. The number of ketones is 1. The van der Waals surface area contributed by atoms with Crippen molar-refractivity contribution in [2.75, 3.05) is 18.5 Å². The maximum absolute atomic E-state index is 13.7. The zero-order chi connectivity index (χ0) is 15.5. The fourth-order valence-corrected chi connectivity index (χ4v) is 7.05. The lowest BCUT2D eigenvalue weighted by atomic mass is 9.65. The highest BCUT2D eigenvalue weighted by molar-refractivity contribution is 6.01. The van der Waals surface area contributed by atoms with Crippen molar-refractivity contribution >= 4 is 11.5 Å². The van der Waals surface area contributed by atoms with Gasteiger partial charge in [0.25, 0.3) is 0 Å². The van der Waals surface area contributed by atoms with Crippen molar-refractivity contribution in [3.05, 3.63) is 41.5 Å². The van der Waals surface area contributed by atoms with Crippen molar-refractivity contribution in [1.82, 2.24) is 4.90 Å². The van der Waals surface area contributed by atoms with E-state index in [1.807, 2.05) is 0 Å². The van der Waals surface area contributed by atoms with Gasteiger partial charge < -0.3 is 4.90 Å². The predicted octanol–water partition coefficient (Wildman–Crippen LogP) is 2.36. The number of carbonyl (C=O) groups is 1. The molecule has 0 N–H and O–H groups in total. The predicted molar refractivity (Wildman–Crippen MR) is 89.6 cm³/mol. The zero-order valence-corrected chi connectivity index (χ0v) is 13.7. The van der Waals surface area contributed by atoms with E-state index in [0.717, 1.165) is 13.0 Å². The van der Waals surface area contributed by atoms with Gasteiger partial charge in [-0.3, -0.25) is 9.69 Å². The number of likely N-dealkylation sites (N-methyl/N-ethyl adjacent to an activating group) is 1. The van der Waals surface area contributed by atoms with Crippen molar-refractivity contribution in [3.63, 3.8) is 0 Å². The summed E-state index contributed by atoms with van der Waals surface area (Å²) < 4.78 is 0. The van der Waals surface area contributed by atoms with Gasteiger partial charge in [0.2, 0.25) is 0 Å². The molecule has 5 fully saturated rings. The van der Waals surface area contributed by atoms with Gasteiger partial charge in [0.1, 0.15) is 0 Å². The second-order valence-corrected chi connectivity index (χ2v) is 8.15. The molecular weight excluding hydrogens is 284 g/mol. The van der Waals surface area contributed by atoms with Crippen LogP contribution < -0.4 is 4.90 Å². The van der Waals surface area contributed by atoms with Gasteiger partial charge in [0.15, 0.2) is 5.78 Å². The molecule has 23 heavy (non-hydrogen) atoms. The average molecular weight is 306 g/mol. The van der Waals surface area contributed by atoms with Gasteiger partial charge in [0, 0.05) is 37.3 Å². The molecule has 5 aliphatic heterocycles. The number of hydrogen-bond donors (Lipinski definition) is 0. The van der Waals surface area contributed by atoms with Crippen LogP contribution in [0.3, 0.4) is 0 Å². The van der Waals surface area contributed by atoms with Crippen LogP contribution in [0.25, 0.3) is 0 Å². The summed E-state index contributed by atoms with van der Waals surface area (Å²) in [6.07, 6.45) is 4.50. The quantitative estimate of drug-likeness (QED) is 0.688. The van der Waals surface area contributed by atoms with Crippen LogP contribution in [0, 0.1) is 11.8 Å². The fourth-order valence-electron chi connectivity index (χ4n) is 7.05. The average Bonchev–Trinajstić information content (AvgIpc) is 2.98. The van der Waals surface area contributed by atoms with E-state index in [1.165, 1.54) is 23.2 Å². The van der Waals surface area contributed by atoms with Crippen molar-refractivity contribution in [2.24, 2.45) is 11.8 Å². The van der Waals surface area contributed by atoms with E-state index >= 15 is 0 Å². The number of allylic oxidation sites excluding steroid dienone is 1. The van der Waals surface area contributed by atoms with Gasteiger partial charge in [-0.2, -0.15) is 0 Å². The summed E-state index contributed by atoms with van der Waals surface area (Å²) in [7, 11) is 2.21. The van der Waals surface area contributed by atoms with Crippen LogP contribution in [0.15, 0.2) is 35.9 Å². The van der Waals surface area contributed by atoms with Gasteiger partial charge in [-0.05, 0) is 37.3 Å². The Labute approximate surface area is 137 Å². The molecule has 3 heteroatoms. The van der Waals surface area contributed by atoms with Gasteiger partial charge in [-0.25, -0.2) is 0 Å². The van der Waals surface area contributed by atoms with Gasteiger partial charge >= 0.3 is 0 Å². The Hall–Kier alpha value is -1.61. The molecule has 0 radical (unpaired) electrons. The van der Waals surface area contributed by atoms with E-state index < -0.39 is 0 Å². The zero-order valence-electron chi connectivity index (χ0n) is 13.7. The Morgan fingerprint density at radius 3 is 2.91 bits per heavy atom. The highest BCUT2D eigenvalue weighted by Gasteiger charge is 2.74. The Bertz CT molecular complexity index is 784. The molecule has 7 unspecified atom stereocenters. The summed E-state index contributed by atoms with van der Waals surface area (Å²) in [5, 5.41) is 0. The smallest absolute Gasteiger partial charge is 0.150 e. The minimum Gasteiger partial charge on any atom is -0.368 e. The third-order valence-corrected chi connectivity index (χ3v) is 7.73. The van der Waals surface area contributed by atoms with Crippen molar-refractivity contribution < 1.29 is 4.79 Å². The first-order chi connectivity index (χ1) is 11.2. The molecule has 1 saturated carbocycles. The largest absolute Gasteiger partial charge is 0.368 e. The number of carbonyl (C=O) groups excluding carboxylic acids is 1. The van der Waals surface area contributed by atoms with Crippen LogP contribution in [-0.2, 0) is 10.2 Å². The van der Waals surface area contributed by atoms with Gasteiger partial charge in [0.05, 0.1) is 11.5 Å². The fraction of sp³-hybridized carbons (Fsp3) is 0.550. The lowest BCUT2D eigenvalue weighted by Gasteiger charge is -2.58. The summed E-state index contributed by atoms with van der Waals surface area (Å²) >= 11 is 0. The first-order valence-corrected chi connectivity index (χ1v) is 8.96. The van der Waals surface area contributed by atoms with E-state index in [4.69, 9.17) is 0 Å². The number of benzene rings is 1. The minimum atomic E-state index is -0.222. The number of Topliss-reactive ketones (excluding diaryl/α,β-unsaturated/α-hetero) is 1. The van der Waals surface area contributed by atoms with Crippen molar-refractivity contribution in [2.45, 2.75) is 43.3 Å². The van der Waals surface area contributed by atoms with E-state index in [-0.39, 0.29) is 11.3 Å². The molecule has 3 nitrogen and oxygen atoms in total. The van der Waals surface area contributed by atoms with Crippen molar-refractivity contribution in [3.8, 4) is 0 Å². The molecule has 5 bridgehead atoms. The van der Waals surface area contributed by atoms with Crippen LogP contribution in [0.4, 0.5) is 5.69 Å². The summed E-state index contributed by atoms with van der Waals surface area (Å²) in [5.41, 5.74) is 3.91. The lowest BCUT2D eigenvalue weighted by molar-refractivity contribution is -0.126. The van der Waals surface area contributed by atoms with Crippen LogP contribution >= 0.6 is 0 Å². The summed E-state index contributed by atoms with van der Waals surface area (Å²) in [4.78, 5) is 18.9. The Balaban J connectivity index is 1.64. The third-order valence-electron chi connectivity index (χ3n) is 7.73. The molecule has 0 amide bonds. The molecule has 4 saturated heterocycles. The Morgan fingerprint density at radius 1 is 1.26 bits per heavy atom. The van der Waals surface area contributed by atoms with Crippen LogP contribution in [0.5, 0.6) is 0 Å². The second kappa shape index (κ2) is 3.72. The van der Waals surface area contributed by atoms with Crippen LogP contribution in [0.2, 0.25) is 0 Å². The van der Waals surface area contributed by atoms with Crippen LogP contribution in [0.1, 0.15) is 25.3 Å². The number of nitrogens with zero attached hydrogens (tertiary/aromatic N) is 2. The SMILES string of the molecule is C/C=C1/CN2C3CC45C(=O)C3C1CC2C4N(C)c1ccccc15. The Kier molecular flexibility index (Phi) is 2.07. The lowest BCUT2D eigenvalue weighted by Crippen LogP contribution is -2.68. The number of hydrogen-bond acceptors (Lipinski definition) is 3. The summed E-state index contributed by atoms with van der Waals surface area (Å²) in [5.74, 6) is 1.31. The highest BCUT2D eigenvalue weighted by atomic mass is 16.1. The molecule has 0 aromatic heterocycles. The minimum absolute atomic E-state index is 0.222. The molecule has 5 heterocycles. The second-order valence-electron chi connectivity index (χ2n) is 8.15. The number of rotatable bonds is 0. The molecule has 1 aromatic carbocycles. The van der Waals surface area contributed by atoms with Crippen LogP contribution in [-0.4, -0.2) is 42.4 Å². The van der Waals surface area contributed by atoms with Gasteiger partial charge in [-0.1, -0.05) is 29.8 Å². The number of piperidine rings is 4. The topological polar surface area (TPSA) is 23.6 Å².